The average Bonchev–Trinajstić information content (AvgIpc) is 2.46. The number of anilines is 1. The van der Waals surface area contributed by atoms with Gasteiger partial charge in [0.25, 0.3) is 0 Å². The Morgan fingerprint density at radius 2 is 1.65 bits per heavy atom. The fourth-order valence-electron chi connectivity index (χ4n) is 1.90. The molecule has 0 saturated heterocycles. The summed E-state index contributed by atoms with van der Waals surface area (Å²) in [5, 5.41) is 4.60. The molecule has 2 aromatic carbocycles. The number of methoxy groups -OCH3 is 2. The average molecular weight is 312 g/mol. The summed E-state index contributed by atoms with van der Waals surface area (Å²) in [5.41, 5.74) is 1.89. The maximum Gasteiger partial charge on any atom is 0.165 e. The Hall–Kier alpha value is -1.58. The van der Waals surface area contributed by atoms with Crippen LogP contribution >= 0.6 is 23.2 Å². The first kappa shape index (κ1) is 14.8. The molecule has 0 spiro atoms. The van der Waals surface area contributed by atoms with Crippen LogP contribution < -0.4 is 14.8 Å². The summed E-state index contributed by atoms with van der Waals surface area (Å²) >= 11 is 11.9. The van der Waals surface area contributed by atoms with Gasteiger partial charge in [-0.1, -0.05) is 23.2 Å². The van der Waals surface area contributed by atoms with E-state index < -0.39 is 0 Å². The van der Waals surface area contributed by atoms with Gasteiger partial charge in [-0.25, -0.2) is 0 Å². The van der Waals surface area contributed by atoms with Crippen molar-refractivity contribution < 1.29 is 9.47 Å². The second-order valence-electron chi connectivity index (χ2n) is 4.16. The van der Waals surface area contributed by atoms with Gasteiger partial charge in [-0.2, -0.15) is 0 Å². The van der Waals surface area contributed by atoms with Gasteiger partial charge in [-0.3, -0.25) is 0 Å². The van der Waals surface area contributed by atoms with Crippen LogP contribution in [0.25, 0.3) is 0 Å². The highest BCUT2D eigenvalue weighted by Crippen LogP contribution is 2.34. The van der Waals surface area contributed by atoms with Crippen LogP contribution in [-0.4, -0.2) is 14.2 Å². The third kappa shape index (κ3) is 3.50. The first-order valence-corrected chi connectivity index (χ1v) is 6.79. The van der Waals surface area contributed by atoms with Gasteiger partial charge < -0.3 is 14.8 Å². The summed E-state index contributed by atoms with van der Waals surface area (Å²) in [6, 6.07) is 11.1. The smallest absolute Gasteiger partial charge is 0.165 e. The van der Waals surface area contributed by atoms with Gasteiger partial charge in [0, 0.05) is 33.9 Å². The molecule has 20 heavy (non-hydrogen) atoms. The van der Waals surface area contributed by atoms with E-state index in [1.165, 1.54) is 0 Å². The van der Waals surface area contributed by atoms with Crippen LogP contribution in [0.1, 0.15) is 5.56 Å². The van der Waals surface area contributed by atoms with E-state index in [0.29, 0.717) is 28.1 Å². The van der Waals surface area contributed by atoms with E-state index in [1.54, 1.807) is 20.3 Å². The summed E-state index contributed by atoms with van der Waals surface area (Å²) in [6.07, 6.45) is 0. The fraction of sp³-hybridized carbons (Fsp3) is 0.200. The molecular weight excluding hydrogens is 297 g/mol. The van der Waals surface area contributed by atoms with Gasteiger partial charge >= 0.3 is 0 Å². The molecule has 0 aliphatic heterocycles. The van der Waals surface area contributed by atoms with Crippen molar-refractivity contribution in [3.8, 4) is 11.5 Å². The lowest BCUT2D eigenvalue weighted by Crippen LogP contribution is -2.03. The third-order valence-corrected chi connectivity index (χ3v) is 3.32. The Balaban J connectivity index is 2.20. The van der Waals surface area contributed by atoms with Crippen molar-refractivity contribution in [3.05, 3.63) is 52.0 Å². The first-order chi connectivity index (χ1) is 9.63. The lowest BCUT2D eigenvalue weighted by molar-refractivity contribution is 0.352. The monoisotopic (exact) mass is 311 g/mol. The van der Waals surface area contributed by atoms with Crippen LogP contribution in [0.2, 0.25) is 10.0 Å². The number of benzene rings is 2. The second-order valence-corrected chi connectivity index (χ2v) is 5.03. The van der Waals surface area contributed by atoms with Gasteiger partial charge in [0.05, 0.1) is 14.2 Å². The Kier molecular flexibility index (Phi) is 4.99. The summed E-state index contributed by atoms with van der Waals surface area (Å²) in [7, 11) is 3.20. The van der Waals surface area contributed by atoms with Gasteiger partial charge in [-0.05, 0) is 30.3 Å². The molecule has 2 rings (SSSR count). The van der Waals surface area contributed by atoms with Crippen LogP contribution in [-0.2, 0) is 6.54 Å². The molecule has 0 aliphatic carbocycles. The molecule has 106 valence electrons. The van der Waals surface area contributed by atoms with Crippen molar-refractivity contribution in [2.45, 2.75) is 6.54 Å². The molecule has 2 aromatic rings. The molecule has 0 heterocycles. The maximum absolute atomic E-state index is 6.08. The molecular formula is C15H15Cl2NO2. The van der Waals surface area contributed by atoms with Crippen molar-refractivity contribution in [3.63, 3.8) is 0 Å². The first-order valence-electron chi connectivity index (χ1n) is 6.04. The van der Waals surface area contributed by atoms with Crippen LogP contribution in [0.15, 0.2) is 36.4 Å². The molecule has 0 saturated carbocycles. The molecule has 1 N–H and O–H groups in total. The predicted molar refractivity (Wildman–Crippen MR) is 83.3 cm³/mol. The van der Waals surface area contributed by atoms with Crippen molar-refractivity contribution in [2.24, 2.45) is 0 Å². The maximum atomic E-state index is 6.08. The molecule has 0 aliphatic rings. The fourth-order valence-corrected chi connectivity index (χ4v) is 2.26. The zero-order chi connectivity index (χ0) is 14.5. The Bertz CT molecular complexity index is 585. The highest BCUT2D eigenvalue weighted by molar-refractivity contribution is 6.31. The third-order valence-electron chi connectivity index (χ3n) is 2.85. The number of hydrogen-bond donors (Lipinski definition) is 1. The van der Waals surface area contributed by atoms with Gasteiger partial charge in [0.2, 0.25) is 0 Å². The molecule has 0 aromatic heterocycles. The van der Waals surface area contributed by atoms with Crippen molar-refractivity contribution in [1.29, 1.82) is 0 Å². The van der Waals surface area contributed by atoms with Crippen LogP contribution in [0.5, 0.6) is 11.5 Å². The normalized spacial score (nSPS) is 10.2. The zero-order valence-electron chi connectivity index (χ0n) is 11.2. The summed E-state index contributed by atoms with van der Waals surface area (Å²) < 4.78 is 10.7. The molecule has 0 atom stereocenters. The summed E-state index contributed by atoms with van der Waals surface area (Å²) in [4.78, 5) is 0. The number of nitrogens with one attached hydrogen (secondary N) is 1. The minimum atomic E-state index is 0.571. The molecule has 0 radical (unpaired) electrons. The molecule has 0 amide bonds. The number of rotatable bonds is 5. The van der Waals surface area contributed by atoms with E-state index in [4.69, 9.17) is 32.7 Å². The van der Waals surface area contributed by atoms with Crippen molar-refractivity contribution >= 4 is 28.9 Å². The second kappa shape index (κ2) is 6.73. The van der Waals surface area contributed by atoms with Crippen LogP contribution in [0, 0.1) is 0 Å². The SMILES string of the molecule is COc1cc(Cl)cc(CNc2ccc(Cl)cc2)c1OC. The lowest BCUT2D eigenvalue weighted by Gasteiger charge is -2.14. The van der Waals surface area contributed by atoms with E-state index in [9.17, 15) is 0 Å². The zero-order valence-corrected chi connectivity index (χ0v) is 12.8. The van der Waals surface area contributed by atoms with E-state index in [2.05, 4.69) is 5.32 Å². The lowest BCUT2D eigenvalue weighted by atomic mass is 10.1. The van der Waals surface area contributed by atoms with Gasteiger partial charge in [-0.15, -0.1) is 0 Å². The molecule has 0 unspecified atom stereocenters. The Morgan fingerprint density at radius 1 is 0.950 bits per heavy atom. The molecule has 0 bridgehead atoms. The largest absolute Gasteiger partial charge is 0.493 e. The molecule has 3 nitrogen and oxygen atoms in total. The highest BCUT2D eigenvalue weighted by atomic mass is 35.5. The Morgan fingerprint density at radius 3 is 2.25 bits per heavy atom. The minimum Gasteiger partial charge on any atom is -0.493 e. The van der Waals surface area contributed by atoms with Crippen LogP contribution in [0.4, 0.5) is 5.69 Å². The number of ether oxygens (including phenoxy) is 2. The molecule has 0 fully saturated rings. The Labute approximate surface area is 128 Å². The van der Waals surface area contributed by atoms with Gasteiger partial charge in [0.1, 0.15) is 0 Å². The topological polar surface area (TPSA) is 30.5 Å². The van der Waals surface area contributed by atoms with E-state index in [0.717, 1.165) is 11.3 Å². The van der Waals surface area contributed by atoms with E-state index in [-0.39, 0.29) is 0 Å². The van der Waals surface area contributed by atoms with Crippen molar-refractivity contribution in [1.82, 2.24) is 0 Å². The summed E-state index contributed by atoms with van der Waals surface area (Å²) in [5.74, 6) is 1.30. The quantitative estimate of drug-likeness (QED) is 0.873. The predicted octanol–water partition coefficient (Wildman–Crippen LogP) is 4.62. The number of halogens is 2. The van der Waals surface area contributed by atoms with E-state index in [1.807, 2.05) is 30.3 Å². The standard InChI is InChI=1S/C15H15Cl2NO2/c1-19-14-8-12(17)7-10(15(14)20-2)9-18-13-5-3-11(16)4-6-13/h3-8,18H,9H2,1-2H3. The van der Waals surface area contributed by atoms with Crippen LogP contribution in [0.3, 0.4) is 0 Å². The van der Waals surface area contributed by atoms with E-state index >= 15 is 0 Å². The number of hydrogen-bond acceptors (Lipinski definition) is 3. The van der Waals surface area contributed by atoms with Crippen molar-refractivity contribution in [2.75, 3.05) is 19.5 Å². The summed E-state index contributed by atoms with van der Waals surface area (Å²) in [6.45, 7) is 0.571. The minimum absolute atomic E-state index is 0.571. The molecule has 5 heteroatoms. The van der Waals surface area contributed by atoms with Gasteiger partial charge in [0.15, 0.2) is 11.5 Å². The highest BCUT2D eigenvalue weighted by Gasteiger charge is 2.11.